The lowest BCUT2D eigenvalue weighted by Crippen LogP contribution is -2.40. The Morgan fingerprint density at radius 3 is 2.68 bits per heavy atom. The summed E-state index contributed by atoms with van der Waals surface area (Å²) in [5.74, 6) is 0. The molecule has 116 valence electrons. The molecule has 0 bridgehead atoms. The van der Waals surface area contributed by atoms with Gasteiger partial charge in [0.25, 0.3) is 0 Å². The second-order valence-electron chi connectivity index (χ2n) is 5.69. The Labute approximate surface area is 138 Å². The van der Waals surface area contributed by atoms with E-state index in [2.05, 4.69) is 22.0 Å². The highest BCUT2D eigenvalue weighted by Crippen LogP contribution is 2.40. The molecule has 0 N–H and O–H groups in total. The maximum atomic E-state index is 13.0. The number of morpholine rings is 1. The number of nitrogens with zero attached hydrogens (tertiary/aromatic N) is 1. The molecule has 22 heavy (non-hydrogen) atoms. The average molecular weight is 382 g/mol. The molecule has 0 saturated carbocycles. The molecule has 2 aliphatic rings. The maximum absolute atomic E-state index is 13.0. The van der Waals surface area contributed by atoms with Crippen molar-refractivity contribution in [3.63, 3.8) is 0 Å². The van der Waals surface area contributed by atoms with Crippen LogP contribution in [0, 0.1) is 0 Å². The Kier molecular flexibility index (Phi) is 3.52. The first-order valence-corrected chi connectivity index (χ1v) is 9.63. The summed E-state index contributed by atoms with van der Waals surface area (Å²) >= 11 is 3.55. The summed E-state index contributed by atoms with van der Waals surface area (Å²) in [5, 5.41) is 2.22. The zero-order valence-electron chi connectivity index (χ0n) is 12.0. The molecule has 1 fully saturated rings. The van der Waals surface area contributed by atoms with E-state index in [1.165, 1.54) is 5.56 Å². The molecule has 6 heteroatoms. The van der Waals surface area contributed by atoms with Crippen LogP contribution in [0.2, 0.25) is 0 Å². The van der Waals surface area contributed by atoms with Crippen molar-refractivity contribution < 1.29 is 13.2 Å². The van der Waals surface area contributed by atoms with E-state index in [9.17, 15) is 8.42 Å². The second kappa shape index (κ2) is 5.30. The summed E-state index contributed by atoms with van der Waals surface area (Å²) in [7, 11) is -3.46. The standard InChI is InChI=1S/C16H16BrNO3S/c17-14-10-15(22(19,20)18-6-8-21-9-7-18)13-5-4-11-2-1-3-12(14)16(11)13/h1-3,10H,4-9H2. The van der Waals surface area contributed by atoms with Crippen LogP contribution in [0.1, 0.15) is 11.1 Å². The van der Waals surface area contributed by atoms with E-state index >= 15 is 0 Å². The van der Waals surface area contributed by atoms with Gasteiger partial charge in [-0.1, -0.05) is 34.1 Å². The minimum atomic E-state index is -3.46. The lowest BCUT2D eigenvalue weighted by atomic mass is 10.1. The summed E-state index contributed by atoms with van der Waals surface area (Å²) in [5.41, 5.74) is 2.22. The lowest BCUT2D eigenvalue weighted by molar-refractivity contribution is 0.0730. The molecule has 0 aromatic heterocycles. The van der Waals surface area contributed by atoms with E-state index in [-0.39, 0.29) is 0 Å². The van der Waals surface area contributed by atoms with Gasteiger partial charge in [-0.05, 0) is 40.8 Å². The van der Waals surface area contributed by atoms with Crippen LogP contribution in [-0.2, 0) is 27.6 Å². The molecular formula is C16H16BrNO3S. The molecule has 0 spiro atoms. The van der Waals surface area contributed by atoms with Crippen molar-refractivity contribution in [1.82, 2.24) is 4.31 Å². The number of rotatable bonds is 2. The van der Waals surface area contributed by atoms with Gasteiger partial charge in [-0.2, -0.15) is 4.31 Å². The molecule has 1 aliphatic carbocycles. The van der Waals surface area contributed by atoms with Gasteiger partial charge < -0.3 is 4.74 Å². The molecule has 0 unspecified atom stereocenters. The third-order valence-electron chi connectivity index (χ3n) is 4.50. The fraction of sp³-hybridized carbons (Fsp3) is 0.375. The van der Waals surface area contributed by atoms with E-state index < -0.39 is 10.0 Å². The van der Waals surface area contributed by atoms with Gasteiger partial charge in [-0.15, -0.1) is 0 Å². The molecule has 1 saturated heterocycles. The van der Waals surface area contributed by atoms with Crippen LogP contribution in [0.25, 0.3) is 10.8 Å². The largest absolute Gasteiger partial charge is 0.379 e. The Bertz CT molecular complexity index is 857. The number of hydrogen-bond acceptors (Lipinski definition) is 3. The van der Waals surface area contributed by atoms with E-state index in [1.54, 1.807) is 10.4 Å². The van der Waals surface area contributed by atoms with Crippen molar-refractivity contribution in [3.8, 4) is 0 Å². The third kappa shape index (κ3) is 2.12. The number of benzene rings is 2. The predicted molar refractivity (Wildman–Crippen MR) is 88.6 cm³/mol. The summed E-state index contributed by atoms with van der Waals surface area (Å²) in [6.45, 7) is 1.79. The third-order valence-corrected chi connectivity index (χ3v) is 7.12. The van der Waals surface area contributed by atoms with Crippen LogP contribution < -0.4 is 0 Å². The van der Waals surface area contributed by atoms with Crippen LogP contribution in [0.3, 0.4) is 0 Å². The second-order valence-corrected chi connectivity index (χ2v) is 8.45. The van der Waals surface area contributed by atoms with Gasteiger partial charge in [0.15, 0.2) is 0 Å². The van der Waals surface area contributed by atoms with Gasteiger partial charge in [-0.3, -0.25) is 0 Å². The van der Waals surface area contributed by atoms with E-state index in [0.29, 0.717) is 31.2 Å². The topological polar surface area (TPSA) is 46.6 Å². The maximum Gasteiger partial charge on any atom is 0.243 e. The first-order chi connectivity index (χ1) is 10.6. The van der Waals surface area contributed by atoms with Gasteiger partial charge in [0.05, 0.1) is 18.1 Å². The van der Waals surface area contributed by atoms with Crippen LogP contribution >= 0.6 is 15.9 Å². The normalized spacial score (nSPS) is 19.0. The highest BCUT2D eigenvalue weighted by Gasteiger charge is 2.31. The summed E-state index contributed by atoms with van der Waals surface area (Å²) in [4.78, 5) is 0.457. The minimum Gasteiger partial charge on any atom is -0.379 e. The SMILES string of the molecule is O=S(=O)(c1cc(Br)c2cccc3c2c1CC3)N1CCOCC1. The summed E-state index contributed by atoms with van der Waals surface area (Å²) < 4.78 is 33.7. The average Bonchev–Trinajstić information content (AvgIpc) is 2.96. The number of sulfonamides is 1. The zero-order valence-corrected chi connectivity index (χ0v) is 14.4. The van der Waals surface area contributed by atoms with Gasteiger partial charge in [0.1, 0.15) is 0 Å². The first kappa shape index (κ1) is 14.6. The Morgan fingerprint density at radius 1 is 1.14 bits per heavy atom. The molecule has 0 amide bonds. The molecule has 1 heterocycles. The zero-order chi connectivity index (χ0) is 15.3. The number of hydrogen-bond donors (Lipinski definition) is 0. The number of aryl methyl sites for hydroxylation is 2. The van der Waals surface area contributed by atoms with Gasteiger partial charge >= 0.3 is 0 Å². The van der Waals surface area contributed by atoms with Crippen LogP contribution in [0.15, 0.2) is 33.6 Å². The van der Waals surface area contributed by atoms with Crippen LogP contribution in [-0.4, -0.2) is 39.0 Å². The molecule has 0 atom stereocenters. The monoisotopic (exact) mass is 381 g/mol. The van der Waals surface area contributed by atoms with E-state index in [4.69, 9.17) is 4.74 Å². The fourth-order valence-electron chi connectivity index (χ4n) is 3.43. The van der Waals surface area contributed by atoms with E-state index in [0.717, 1.165) is 33.7 Å². The highest BCUT2D eigenvalue weighted by molar-refractivity contribution is 9.10. The van der Waals surface area contributed by atoms with Crippen LogP contribution in [0.4, 0.5) is 0 Å². The van der Waals surface area contributed by atoms with Gasteiger partial charge in [-0.25, -0.2) is 8.42 Å². The quantitative estimate of drug-likeness (QED) is 0.803. The van der Waals surface area contributed by atoms with E-state index in [1.807, 2.05) is 12.1 Å². The molecule has 1 aliphatic heterocycles. The highest BCUT2D eigenvalue weighted by atomic mass is 79.9. The molecule has 4 nitrogen and oxygen atoms in total. The molecule has 0 radical (unpaired) electrons. The van der Waals surface area contributed by atoms with Crippen molar-refractivity contribution >= 4 is 36.7 Å². The molecule has 4 rings (SSSR count). The van der Waals surface area contributed by atoms with Gasteiger partial charge in [0, 0.05) is 17.6 Å². The van der Waals surface area contributed by atoms with Crippen molar-refractivity contribution in [1.29, 1.82) is 0 Å². The minimum absolute atomic E-state index is 0.430. The lowest BCUT2D eigenvalue weighted by Gasteiger charge is -2.27. The van der Waals surface area contributed by atoms with Crippen molar-refractivity contribution in [2.45, 2.75) is 17.7 Å². The first-order valence-electron chi connectivity index (χ1n) is 7.40. The van der Waals surface area contributed by atoms with Crippen molar-refractivity contribution in [2.24, 2.45) is 0 Å². The number of ether oxygens (including phenoxy) is 1. The number of halogens is 1. The van der Waals surface area contributed by atoms with Crippen molar-refractivity contribution in [2.75, 3.05) is 26.3 Å². The molecule has 2 aromatic carbocycles. The van der Waals surface area contributed by atoms with Gasteiger partial charge in [0.2, 0.25) is 10.0 Å². The molecular weight excluding hydrogens is 366 g/mol. The summed E-state index contributed by atoms with van der Waals surface area (Å²) in [6, 6.07) is 7.95. The summed E-state index contributed by atoms with van der Waals surface area (Å²) in [6.07, 6.45) is 1.71. The van der Waals surface area contributed by atoms with Crippen molar-refractivity contribution in [3.05, 3.63) is 39.9 Å². The Morgan fingerprint density at radius 2 is 1.91 bits per heavy atom. The smallest absolute Gasteiger partial charge is 0.243 e. The predicted octanol–water partition coefficient (Wildman–Crippen LogP) is 2.72. The Balaban J connectivity index is 1.94. The van der Waals surface area contributed by atoms with Crippen LogP contribution in [0.5, 0.6) is 0 Å². The Hall–Kier alpha value is -0.950. The molecule has 2 aromatic rings. The fourth-order valence-corrected chi connectivity index (χ4v) is 5.83.